The Morgan fingerprint density at radius 3 is 2.29 bits per heavy atom. The molecule has 1 amide bonds. The highest BCUT2D eigenvalue weighted by atomic mass is 16.7. The molecule has 2 rings (SSSR count). The number of rotatable bonds is 2. The van der Waals surface area contributed by atoms with Crippen molar-refractivity contribution in [3.8, 4) is 6.07 Å². The molecule has 0 saturated carbocycles. The maximum Gasteiger partial charge on any atom is 0.494 e. The van der Waals surface area contributed by atoms with Gasteiger partial charge in [0.15, 0.2) is 0 Å². The van der Waals surface area contributed by atoms with Crippen LogP contribution in [0.15, 0.2) is 18.2 Å². The van der Waals surface area contributed by atoms with E-state index in [1.165, 1.54) is 7.05 Å². The molecule has 21 heavy (non-hydrogen) atoms. The summed E-state index contributed by atoms with van der Waals surface area (Å²) in [6, 6.07) is 7.04. The van der Waals surface area contributed by atoms with Crippen LogP contribution in [-0.4, -0.2) is 31.3 Å². The number of hydrogen-bond acceptors (Lipinski definition) is 4. The molecule has 5 nitrogen and oxygen atoms in total. The van der Waals surface area contributed by atoms with Crippen molar-refractivity contribution in [2.45, 2.75) is 38.9 Å². The molecule has 0 unspecified atom stereocenters. The monoisotopic (exact) mass is 286 g/mol. The maximum atomic E-state index is 11.9. The Balaban J connectivity index is 2.39. The summed E-state index contributed by atoms with van der Waals surface area (Å²) >= 11 is 0. The second-order valence-electron chi connectivity index (χ2n) is 6.08. The van der Waals surface area contributed by atoms with Crippen LogP contribution in [-0.2, 0) is 9.31 Å². The molecular formula is C15H19BN2O3. The lowest BCUT2D eigenvalue weighted by Gasteiger charge is -2.32. The third-order valence-electron chi connectivity index (χ3n) is 4.16. The minimum atomic E-state index is -0.550. The summed E-state index contributed by atoms with van der Waals surface area (Å²) in [5.41, 5.74) is 0.491. The average molecular weight is 286 g/mol. The Bertz CT molecular complexity index is 604. The fourth-order valence-electron chi connectivity index (χ4n) is 2.11. The minimum absolute atomic E-state index is 0.301. The van der Waals surface area contributed by atoms with Gasteiger partial charge in [-0.2, -0.15) is 5.26 Å². The third kappa shape index (κ3) is 2.67. The van der Waals surface area contributed by atoms with Gasteiger partial charge in [0.1, 0.15) is 0 Å². The van der Waals surface area contributed by atoms with E-state index in [1.807, 2.05) is 33.8 Å². The molecule has 1 N–H and O–H groups in total. The molecule has 0 radical (unpaired) electrons. The largest absolute Gasteiger partial charge is 0.494 e. The van der Waals surface area contributed by atoms with Crippen molar-refractivity contribution in [1.29, 1.82) is 5.26 Å². The van der Waals surface area contributed by atoms with Crippen LogP contribution in [0.3, 0.4) is 0 Å². The normalized spacial score (nSPS) is 19.1. The fraction of sp³-hybridized carbons (Fsp3) is 0.467. The van der Waals surface area contributed by atoms with E-state index in [2.05, 4.69) is 5.32 Å². The molecule has 0 aromatic heterocycles. The molecule has 1 aromatic carbocycles. The number of nitrogens with one attached hydrogen (secondary N) is 1. The molecule has 1 aliphatic heterocycles. The molecule has 6 heteroatoms. The number of nitrogens with zero attached hydrogens (tertiary/aromatic N) is 1. The number of hydrogen-bond donors (Lipinski definition) is 1. The Morgan fingerprint density at radius 2 is 1.81 bits per heavy atom. The van der Waals surface area contributed by atoms with Gasteiger partial charge in [0.25, 0.3) is 5.91 Å². The van der Waals surface area contributed by atoms with Crippen LogP contribution in [0, 0.1) is 11.3 Å². The summed E-state index contributed by atoms with van der Waals surface area (Å²) < 4.78 is 11.9. The number of carbonyl (C=O) groups excluding carboxylic acids is 1. The van der Waals surface area contributed by atoms with Crippen molar-refractivity contribution in [3.05, 3.63) is 29.3 Å². The van der Waals surface area contributed by atoms with Gasteiger partial charge in [-0.3, -0.25) is 4.79 Å². The van der Waals surface area contributed by atoms with Crippen LogP contribution >= 0.6 is 0 Å². The summed E-state index contributed by atoms with van der Waals surface area (Å²) in [6.45, 7) is 7.87. The van der Waals surface area contributed by atoms with Crippen molar-refractivity contribution in [2.24, 2.45) is 0 Å². The van der Waals surface area contributed by atoms with E-state index >= 15 is 0 Å². The fourth-order valence-corrected chi connectivity index (χ4v) is 2.11. The smallest absolute Gasteiger partial charge is 0.399 e. The molecule has 1 aromatic rings. The highest BCUT2D eigenvalue weighted by molar-refractivity contribution is 6.62. The van der Waals surface area contributed by atoms with Crippen molar-refractivity contribution in [1.82, 2.24) is 5.32 Å². The first-order valence-electron chi connectivity index (χ1n) is 6.83. The molecule has 0 bridgehead atoms. The van der Waals surface area contributed by atoms with E-state index < -0.39 is 18.3 Å². The topological polar surface area (TPSA) is 71.3 Å². The summed E-state index contributed by atoms with van der Waals surface area (Å²) in [5.74, 6) is -0.301. The van der Waals surface area contributed by atoms with Gasteiger partial charge in [-0.25, -0.2) is 0 Å². The maximum absolute atomic E-state index is 11.9. The van der Waals surface area contributed by atoms with E-state index in [0.29, 0.717) is 11.1 Å². The zero-order valence-electron chi connectivity index (χ0n) is 13.0. The zero-order chi connectivity index (χ0) is 15.8. The quantitative estimate of drug-likeness (QED) is 0.830. The van der Waals surface area contributed by atoms with Gasteiger partial charge in [0, 0.05) is 7.05 Å². The number of carbonyl (C=O) groups is 1. The van der Waals surface area contributed by atoms with E-state index in [4.69, 9.17) is 14.6 Å². The highest BCUT2D eigenvalue weighted by Gasteiger charge is 2.51. The van der Waals surface area contributed by atoms with Crippen LogP contribution in [0.1, 0.15) is 43.6 Å². The molecule has 1 aliphatic rings. The van der Waals surface area contributed by atoms with Gasteiger partial charge in [0.2, 0.25) is 0 Å². The first-order valence-corrected chi connectivity index (χ1v) is 6.83. The molecule has 0 aliphatic carbocycles. The lowest BCUT2D eigenvalue weighted by molar-refractivity contribution is 0.00578. The van der Waals surface area contributed by atoms with E-state index in [0.717, 1.165) is 5.46 Å². The van der Waals surface area contributed by atoms with Crippen LogP contribution in [0.25, 0.3) is 0 Å². The summed E-state index contributed by atoms with van der Waals surface area (Å²) in [5, 5.41) is 11.6. The lowest BCUT2D eigenvalue weighted by Crippen LogP contribution is -2.41. The molecular weight excluding hydrogens is 267 g/mol. The van der Waals surface area contributed by atoms with Gasteiger partial charge in [-0.1, -0.05) is 6.07 Å². The number of benzene rings is 1. The Kier molecular flexibility index (Phi) is 3.83. The van der Waals surface area contributed by atoms with Crippen molar-refractivity contribution >= 4 is 18.5 Å². The standard InChI is InChI=1S/C15H19BN2O3/c1-14(2)15(3,4)21-16(20-14)11-7-6-10(9-17)12(8-11)13(19)18-5/h6-8H,1-5H3,(H,18,19). The molecule has 1 fully saturated rings. The number of nitriles is 1. The summed E-state index contributed by atoms with van der Waals surface area (Å²) in [4.78, 5) is 11.9. The predicted octanol–water partition coefficient (Wildman–Crippen LogP) is 1.22. The second kappa shape index (κ2) is 5.17. The molecule has 1 heterocycles. The first kappa shape index (κ1) is 15.6. The van der Waals surface area contributed by atoms with E-state index in [1.54, 1.807) is 18.2 Å². The molecule has 0 spiro atoms. The Hall–Kier alpha value is -1.84. The third-order valence-corrected chi connectivity index (χ3v) is 4.16. The van der Waals surface area contributed by atoms with Crippen molar-refractivity contribution in [2.75, 3.05) is 7.05 Å². The zero-order valence-corrected chi connectivity index (χ0v) is 13.0. The van der Waals surface area contributed by atoms with Crippen LogP contribution < -0.4 is 10.8 Å². The van der Waals surface area contributed by atoms with Gasteiger partial charge in [-0.15, -0.1) is 0 Å². The Labute approximate surface area is 125 Å². The first-order chi connectivity index (χ1) is 9.71. The van der Waals surface area contributed by atoms with E-state index in [9.17, 15) is 4.79 Å². The van der Waals surface area contributed by atoms with Crippen LogP contribution in [0.2, 0.25) is 0 Å². The summed E-state index contributed by atoms with van der Waals surface area (Å²) in [7, 11) is 0.983. The second-order valence-corrected chi connectivity index (χ2v) is 6.08. The van der Waals surface area contributed by atoms with E-state index in [-0.39, 0.29) is 5.91 Å². The van der Waals surface area contributed by atoms with Crippen molar-refractivity contribution < 1.29 is 14.1 Å². The van der Waals surface area contributed by atoms with Gasteiger partial charge < -0.3 is 14.6 Å². The molecule has 110 valence electrons. The number of amides is 1. The van der Waals surface area contributed by atoms with Crippen molar-refractivity contribution in [3.63, 3.8) is 0 Å². The van der Waals surface area contributed by atoms with Crippen LogP contribution in [0.5, 0.6) is 0 Å². The predicted molar refractivity (Wildman–Crippen MR) is 80.3 cm³/mol. The average Bonchev–Trinajstić information content (AvgIpc) is 2.66. The SMILES string of the molecule is CNC(=O)c1cc(B2OC(C)(C)C(C)(C)O2)ccc1C#N. The van der Waals surface area contributed by atoms with Crippen LogP contribution in [0.4, 0.5) is 0 Å². The van der Waals surface area contributed by atoms with Gasteiger partial charge in [0.05, 0.1) is 28.4 Å². The van der Waals surface area contributed by atoms with Gasteiger partial charge >= 0.3 is 7.12 Å². The highest BCUT2D eigenvalue weighted by Crippen LogP contribution is 2.36. The molecule has 1 saturated heterocycles. The Morgan fingerprint density at radius 1 is 1.24 bits per heavy atom. The molecule has 0 atom stereocenters. The summed E-state index contributed by atoms with van der Waals surface area (Å²) in [6.07, 6.45) is 0. The lowest BCUT2D eigenvalue weighted by atomic mass is 9.77. The van der Waals surface area contributed by atoms with Gasteiger partial charge in [-0.05, 0) is 45.3 Å². The minimum Gasteiger partial charge on any atom is -0.399 e.